The maximum Gasteiger partial charge on any atom is 0.275 e. The molecule has 0 unspecified atom stereocenters. The molecule has 1 fully saturated rings. The molecule has 0 radical (unpaired) electrons. The van der Waals surface area contributed by atoms with Crippen LogP contribution in [0.3, 0.4) is 0 Å². The normalized spacial score (nSPS) is 20.9. The first-order valence-corrected chi connectivity index (χ1v) is 10.1. The molecule has 4 nitrogen and oxygen atoms in total. The molecule has 3 N–H and O–H groups in total. The lowest BCUT2D eigenvalue weighted by molar-refractivity contribution is -1.02. The van der Waals surface area contributed by atoms with E-state index in [2.05, 4.69) is 74.6 Å². The molecule has 0 aromatic heterocycles. The number of piperazine rings is 1. The molecule has 0 aliphatic carbocycles. The average Bonchev–Trinajstić information content (AvgIpc) is 2.66. The molecule has 144 valence electrons. The number of quaternary nitrogens is 2. The van der Waals surface area contributed by atoms with Crippen LogP contribution in [-0.2, 0) is 11.3 Å². The van der Waals surface area contributed by atoms with Crippen molar-refractivity contribution < 1.29 is 14.6 Å². The summed E-state index contributed by atoms with van der Waals surface area (Å²) in [5.41, 5.74) is 5.14. The van der Waals surface area contributed by atoms with Crippen molar-refractivity contribution in [1.82, 2.24) is 5.32 Å². The Bertz CT molecular complexity index is 751. The van der Waals surface area contributed by atoms with E-state index in [-0.39, 0.29) is 11.9 Å². The van der Waals surface area contributed by atoms with Gasteiger partial charge in [-0.2, -0.15) is 0 Å². The lowest BCUT2D eigenvalue weighted by atomic mass is 10.0. The number of amides is 1. The third kappa shape index (κ3) is 5.65. The van der Waals surface area contributed by atoms with Gasteiger partial charge in [-0.3, -0.25) is 4.79 Å². The fourth-order valence-corrected chi connectivity index (χ4v) is 3.83. The molecule has 1 aliphatic heterocycles. The van der Waals surface area contributed by atoms with Crippen molar-refractivity contribution in [3.05, 3.63) is 70.8 Å². The zero-order valence-corrected chi connectivity index (χ0v) is 16.8. The van der Waals surface area contributed by atoms with Crippen LogP contribution in [0.2, 0.25) is 0 Å². The molecule has 0 bridgehead atoms. The molecule has 3 rings (SSSR count). The standard InChI is InChI=1S/C23H31N3O/c1-18-9-10-22(15-19(18)2)20(3)24-23(27)17-26-13-11-25(12-14-26)16-21-7-5-4-6-8-21/h4-10,15,20H,11-14,16-17H2,1-3H3,(H,24,27)/p+2/t20-/m0/s1. The summed E-state index contributed by atoms with van der Waals surface area (Å²) in [6.45, 7) is 12.4. The molecule has 0 spiro atoms. The van der Waals surface area contributed by atoms with E-state index in [0.29, 0.717) is 6.54 Å². The quantitative estimate of drug-likeness (QED) is 0.682. The summed E-state index contributed by atoms with van der Waals surface area (Å²) in [6.07, 6.45) is 0. The maximum atomic E-state index is 12.5. The first-order valence-electron chi connectivity index (χ1n) is 10.1. The lowest BCUT2D eigenvalue weighted by Gasteiger charge is -2.29. The van der Waals surface area contributed by atoms with Crippen LogP contribution in [-0.4, -0.2) is 38.6 Å². The predicted octanol–water partition coefficient (Wildman–Crippen LogP) is 0.464. The minimum atomic E-state index is 0.0567. The average molecular weight is 368 g/mol. The largest absolute Gasteiger partial charge is 0.345 e. The zero-order valence-electron chi connectivity index (χ0n) is 16.8. The van der Waals surface area contributed by atoms with Gasteiger partial charge in [0.1, 0.15) is 32.7 Å². The molecular weight excluding hydrogens is 334 g/mol. The number of carbonyl (C=O) groups is 1. The van der Waals surface area contributed by atoms with Crippen molar-refractivity contribution in [3.63, 3.8) is 0 Å². The summed E-state index contributed by atoms with van der Waals surface area (Å²) in [7, 11) is 0. The van der Waals surface area contributed by atoms with Gasteiger partial charge in [-0.25, -0.2) is 0 Å². The van der Waals surface area contributed by atoms with E-state index in [1.807, 2.05) is 0 Å². The van der Waals surface area contributed by atoms with E-state index in [1.54, 1.807) is 4.90 Å². The molecular formula is C23H33N3O+2. The third-order valence-electron chi connectivity index (χ3n) is 5.78. The Hall–Kier alpha value is -2.17. The van der Waals surface area contributed by atoms with Gasteiger partial charge in [0.25, 0.3) is 5.91 Å². The van der Waals surface area contributed by atoms with E-state index in [0.717, 1.165) is 32.7 Å². The van der Waals surface area contributed by atoms with Gasteiger partial charge in [0.15, 0.2) is 6.54 Å². The zero-order chi connectivity index (χ0) is 19.2. The monoisotopic (exact) mass is 367 g/mol. The molecule has 1 saturated heterocycles. The van der Waals surface area contributed by atoms with Gasteiger partial charge in [0.05, 0.1) is 6.04 Å². The molecule has 1 aliphatic rings. The third-order valence-corrected chi connectivity index (χ3v) is 5.78. The van der Waals surface area contributed by atoms with Crippen LogP contribution in [0.5, 0.6) is 0 Å². The van der Waals surface area contributed by atoms with Crippen LogP contribution in [0.4, 0.5) is 0 Å². The van der Waals surface area contributed by atoms with Crippen LogP contribution in [0.15, 0.2) is 48.5 Å². The maximum absolute atomic E-state index is 12.5. The molecule has 0 saturated carbocycles. The number of aryl methyl sites for hydroxylation is 2. The molecule has 27 heavy (non-hydrogen) atoms. The molecule has 1 amide bonds. The van der Waals surface area contributed by atoms with Gasteiger partial charge in [-0.05, 0) is 37.5 Å². The highest BCUT2D eigenvalue weighted by Crippen LogP contribution is 2.16. The van der Waals surface area contributed by atoms with Gasteiger partial charge in [-0.1, -0.05) is 48.5 Å². The Balaban J connectivity index is 1.43. The lowest BCUT2D eigenvalue weighted by Crippen LogP contribution is -3.28. The first-order chi connectivity index (χ1) is 13.0. The Kier molecular flexibility index (Phi) is 6.64. The van der Waals surface area contributed by atoms with Crippen LogP contribution in [0.25, 0.3) is 0 Å². The fraction of sp³-hybridized carbons (Fsp3) is 0.435. The number of nitrogens with one attached hydrogen (secondary N) is 3. The van der Waals surface area contributed by atoms with E-state index in [9.17, 15) is 4.79 Å². The molecule has 2 aromatic rings. The topological polar surface area (TPSA) is 38.0 Å². The highest BCUT2D eigenvalue weighted by atomic mass is 16.2. The molecule has 1 heterocycles. The Morgan fingerprint density at radius 3 is 2.30 bits per heavy atom. The Morgan fingerprint density at radius 2 is 1.63 bits per heavy atom. The summed E-state index contributed by atoms with van der Waals surface area (Å²) in [4.78, 5) is 15.5. The first kappa shape index (κ1) is 19.6. The van der Waals surface area contributed by atoms with Crippen LogP contribution in [0, 0.1) is 13.8 Å². The van der Waals surface area contributed by atoms with Crippen molar-refractivity contribution in [3.8, 4) is 0 Å². The Labute approximate surface area is 163 Å². The summed E-state index contributed by atoms with van der Waals surface area (Å²) in [5.74, 6) is 0.155. The number of rotatable bonds is 6. The van der Waals surface area contributed by atoms with Gasteiger partial charge in [0.2, 0.25) is 0 Å². The van der Waals surface area contributed by atoms with Gasteiger partial charge in [-0.15, -0.1) is 0 Å². The van der Waals surface area contributed by atoms with Gasteiger partial charge < -0.3 is 15.1 Å². The van der Waals surface area contributed by atoms with Crippen LogP contribution in [0.1, 0.15) is 35.2 Å². The van der Waals surface area contributed by atoms with Crippen molar-refractivity contribution in [2.24, 2.45) is 0 Å². The van der Waals surface area contributed by atoms with Crippen molar-refractivity contribution >= 4 is 5.91 Å². The molecule has 2 aromatic carbocycles. The number of hydrogen-bond donors (Lipinski definition) is 3. The number of hydrogen-bond acceptors (Lipinski definition) is 1. The van der Waals surface area contributed by atoms with Crippen molar-refractivity contribution in [2.75, 3.05) is 32.7 Å². The van der Waals surface area contributed by atoms with Crippen LogP contribution >= 0.6 is 0 Å². The second kappa shape index (κ2) is 9.16. The molecule has 4 heteroatoms. The number of carbonyl (C=O) groups excluding carboxylic acids is 1. The van der Waals surface area contributed by atoms with Crippen LogP contribution < -0.4 is 15.1 Å². The predicted molar refractivity (Wildman–Crippen MR) is 109 cm³/mol. The fourth-order valence-electron chi connectivity index (χ4n) is 3.83. The second-order valence-corrected chi connectivity index (χ2v) is 7.97. The summed E-state index contributed by atoms with van der Waals surface area (Å²) in [6, 6.07) is 17.2. The SMILES string of the molecule is Cc1ccc([C@H](C)NC(=O)C[NH+]2CC[NH+](Cc3ccccc3)CC2)cc1C. The highest BCUT2D eigenvalue weighted by molar-refractivity contribution is 5.77. The van der Waals surface area contributed by atoms with Crippen molar-refractivity contribution in [1.29, 1.82) is 0 Å². The Morgan fingerprint density at radius 1 is 0.963 bits per heavy atom. The highest BCUT2D eigenvalue weighted by Gasteiger charge is 2.25. The van der Waals surface area contributed by atoms with Crippen molar-refractivity contribution in [2.45, 2.75) is 33.4 Å². The summed E-state index contributed by atoms with van der Waals surface area (Å²) < 4.78 is 0. The molecule has 1 atom stereocenters. The van der Waals surface area contributed by atoms with E-state index in [4.69, 9.17) is 0 Å². The van der Waals surface area contributed by atoms with Gasteiger partial charge >= 0.3 is 0 Å². The number of benzene rings is 2. The minimum absolute atomic E-state index is 0.0567. The van der Waals surface area contributed by atoms with E-state index >= 15 is 0 Å². The summed E-state index contributed by atoms with van der Waals surface area (Å²) >= 11 is 0. The summed E-state index contributed by atoms with van der Waals surface area (Å²) in [5, 5.41) is 3.17. The second-order valence-electron chi connectivity index (χ2n) is 7.97. The van der Waals surface area contributed by atoms with E-state index in [1.165, 1.54) is 27.2 Å². The van der Waals surface area contributed by atoms with E-state index < -0.39 is 0 Å². The smallest absolute Gasteiger partial charge is 0.275 e. The van der Waals surface area contributed by atoms with Gasteiger partial charge in [0, 0.05) is 5.56 Å². The minimum Gasteiger partial charge on any atom is -0.345 e.